The molecule has 0 radical (unpaired) electrons. The van der Waals surface area contributed by atoms with E-state index in [9.17, 15) is 0 Å². The molecule has 0 amide bonds. The molecule has 0 aromatic heterocycles. The molecule has 3 rings (SSSR count). The zero-order chi connectivity index (χ0) is 13.4. The number of hydrogen-bond acceptors (Lipinski definition) is 3. The van der Waals surface area contributed by atoms with Gasteiger partial charge in [0.1, 0.15) is 5.75 Å². The smallest absolute Gasteiger partial charge is 0.198 e. The molecule has 0 saturated carbocycles. The van der Waals surface area contributed by atoms with Crippen LogP contribution in [-0.2, 0) is 0 Å². The van der Waals surface area contributed by atoms with E-state index >= 15 is 0 Å². The Labute approximate surface area is 117 Å². The molecule has 1 N–H and O–H groups in total. The summed E-state index contributed by atoms with van der Waals surface area (Å²) in [5.41, 5.74) is 3.02. The van der Waals surface area contributed by atoms with Crippen LogP contribution in [0.4, 0.5) is 11.4 Å². The van der Waals surface area contributed by atoms with Crippen LogP contribution in [0.3, 0.4) is 0 Å². The van der Waals surface area contributed by atoms with E-state index in [0.717, 1.165) is 22.7 Å². The van der Waals surface area contributed by atoms with Gasteiger partial charge in [0, 0.05) is 25.3 Å². The van der Waals surface area contributed by atoms with Gasteiger partial charge in [0.05, 0.1) is 10.7 Å². The van der Waals surface area contributed by atoms with E-state index in [1.807, 2.05) is 61.5 Å². The van der Waals surface area contributed by atoms with Gasteiger partial charge in [-0.1, -0.05) is 23.7 Å². The Hall–Kier alpha value is -1.87. The van der Waals surface area contributed by atoms with Gasteiger partial charge in [-0.05, 0) is 30.3 Å². The molecule has 2 aromatic carbocycles. The van der Waals surface area contributed by atoms with E-state index in [0.29, 0.717) is 5.02 Å². The fourth-order valence-corrected chi connectivity index (χ4v) is 2.41. The normalized spacial score (nSPS) is 16.5. The lowest BCUT2D eigenvalue weighted by Crippen LogP contribution is -2.12. The number of rotatable bonds is 2. The summed E-state index contributed by atoms with van der Waals surface area (Å²) < 4.78 is 5.86. The lowest BCUT2D eigenvalue weighted by Gasteiger charge is -2.17. The van der Waals surface area contributed by atoms with Crippen LogP contribution in [0.2, 0.25) is 5.02 Å². The van der Waals surface area contributed by atoms with Gasteiger partial charge in [-0.15, -0.1) is 0 Å². The summed E-state index contributed by atoms with van der Waals surface area (Å²) >= 11 is 6.35. The van der Waals surface area contributed by atoms with Gasteiger partial charge in [-0.3, -0.25) is 0 Å². The molecule has 0 unspecified atom stereocenters. The van der Waals surface area contributed by atoms with Crippen LogP contribution in [-0.4, -0.2) is 14.1 Å². The van der Waals surface area contributed by atoms with Gasteiger partial charge < -0.3 is 15.0 Å². The molecule has 0 fully saturated rings. The molecule has 0 bridgehead atoms. The molecule has 0 saturated heterocycles. The fourth-order valence-electron chi connectivity index (χ4n) is 2.13. The number of halogens is 1. The van der Waals surface area contributed by atoms with E-state index < -0.39 is 0 Å². The van der Waals surface area contributed by atoms with Crippen molar-refractivity contribution in [2.24, 2.45) is 0 Å². The van der Waals surface area contributed by atoms with Crippen LogP contribution >= 0.6 is 11.6 Å². The summed E-state index contributed by atoms with van der Waals surface area (Å²) in [6.07, 6.45) is -0.221. The molecule has 1 aliphatic heterocycles. The Bertz CT molecular complexity index is 588. The molecule has 0 aliphatic carbocycles. The zero-order valence-corrected chi connectivity index (χ0v) is 11.6. The SMILES string of the molecule is CN(C)c1ccc([C@@H]2Nc3ccccc3O2)c(Cl)c1. The Balaban J connectivity index is 1.89. The first-order valence-electron chi connectivity index (χ1n) is 6.14. The molecule has 1 aliphatic rings. The maximum Gasteiger partial charge on any atom is 0.198 e. The molecule has 98 valence electrons. The number of nitrogens with one attached hydrogen (secondary N) is 1. The first kappa shape index (κ1) is 12.2. The zero-order valence-electron chi connectivity index (χ0n) is 10.9. The third kappa shape index (κ3) is 2.22. The molecule has 19 heavy (non-hydrogen) atoms. The van der Waals surface area contributed by atoms with Crippen molar-refractivity contribution in [2.75, 3.05) is 24.3 Å². The minimum atomic E-state index is -0.221. The van der Waals surface area contributed by atoms with Crippen LogP contribution < -0.4 is 15.0 Å². The van der Waals surface area contributed by atoms with Crippen molar-refractivity contribution in [3.63, 3.8) is 0 Å². The van der Waals surface area contributed by atoms with E-state index in [-0.39, 0.29) is 6.23 Å². The lowest BCUT2D eigenvalue weighted by atomic mass is 10.1. The van der Waals surface area contributed by atoms with Gasteiger partial charge in [-0.2, -0.15) is 0 Å². The molecular weight excluding hydrogens is 260 g/mol. The molecule has 4 heteroatoms. The highest BCUT2D eigenvalue weighted by atomic mass is 35.5. The van der Waals surface area contributed by atoms with Crippen molar-refractivity contribution in [2.45, 2.75) is 6.23 Å². The predicted molar refractivity (Wildman–Crippen MR) is 79.2 cm³/mol. The number of nitrogens with zero attached hydrogens (tertiary/aromatic N) is 1. The van der Waals surface area contributed by atoms with Crippen LogP contribution in [0.5, 0.6) is 5.75 Å². The Morgan fingerprint density at radius 1 is 1.16 bits per heavy atom. The van der Waals surface area contributed by atoms with Crippen molar-refractivity contribution >= 4 is 23.0 Å². The highest BCUT2D eigenvalue weighted by Crippen LogP contribution is 2.39. The fraction of sp³-hybridized carbons (Fsp3) is 0.200. The van der Waals surface area contributed by atoms with Crippen LogP contribution in [0.15, 0.2) is 42.5 Å². The van der Waals surface area contributed by atoms with Crippen LogP contribution in [0.25, 0.3) is 0 Å². The van der Waals surface area contributed by atoms with Crippen LogP contribution in [0, 0.1) is 0 Å². The first-order valence-corrected chi connectivity index (χ1v) is 6.52. The Kier molecular flexibility index (Phi) is 2.99. The highest BCUT2D eigenvalue weighted by Gasteiger charge is 2.24. The largest absolute Gasteiger partial charge is 0.464 e. The van der Waals surface area contributed by atoms with Gasteiger partial charge in [0.25, 0.3) is 0 Å². The van der Waals surface area contributed by atoms with Crippen molar-refractivity contribution in [1.82, 2.24) is 0 Å². The summed E-state index contributed by atoms with van der Waals surface area (Å²) in [6.45, 7) is 0. The van der Waals surface area contributed by atoms with Crippen molar-refractivity contribution in [3.8, 4) is 5.75 Å². The number of fused-ring (bicyclic) bond motifs is 1. The van der Waals surface area contributed by atoms with E-state index in [4.69, 9.17) is 16.3 Å². The summed E-state index contributed by atoms with van der Waals surface area (Å²) in [5, 5.41) is 4.03. The number of ether oxygens (including phenoxy) is 1. The van der Waals surface area contributed by atoms with E-state index in [1.54, 1.807) is 0 Å². The number of para-hydroxylation sites is 2. The maximum absolute atomic E-state index is 6.35. The Morgan fingerprint density at radius 3 is 2.63 bits per heavy atom. The average Bonchev–Trinajstić information content (AvgIpc) is 2.81. The van der Waals surface area contributed by atoms with Crippen molar-refractivity contribution in [3.05, 3.63) is 53.1 Å². The number of hydrogen-bond donors (Lipinski definition) is 1. The monoisotopic (exact) mass is 274 g/mol. The minimum absolute atomic E-state index is 0.221. The summed E-state index contributed by atoms with van der Waals surface area (Å²) in [4.78, 5) is 2.02. The lowest BCUT2D eigenvalue weighted by molar-refractivity contribution is 0.260. The quantitative estimate of drug-likeness (QED) is 0.899. The molecule has 1 heterocycles. The van der Waals surface area contributed by atoms with E-state index in [2.05, 4.69) is 5.32 Å². The highest BCUT2D eigenvalue weighted by molar-refractivity contribution is 6.31. The van der Waals surface area contributed by atoms with Crippen molar-refractivity contribution < 1.29 is 4.74 Å². The Morgan fingerprint density at radius 2 is 1.95 bits per heavy atom. The second-order valence-electron chi connectivity index (χ2n) is 4.74. The van der Waals surface area contributed by atoms with Crippen molar-refractivity contribution in [1.29, 1.82) is 0 Å². The third-order valence-corrected chi connectivity index (χ3v) is 3.53. The molecule has 1 atom stereocenters. The van der Waals surface area contributed by atoms with Gasteiger partial charge in [-0.25, -0.2) is 0 Å². The van der Waals surface area contributed by atoms with Crippen LogP contribution in [0.1, 0.15) is 11.8 Å². The summed E-state index contributed by atoms with van der Waals surface area (Å²) in [5.74, 6) is 0.861. The molecule has 2 aromatic rings. The minimum Gasteiger partial charge on any atom is -0.464 e. The average molecular weight is 275 g/mol. The van der Waals surface area contributed by atoms with Gasteiger partial charge in [0.2, 0.25) is 0 Å². The standard InChI is InChI=1S/C15H15ClN2O/c1-18(2)10-7-8-11(12(16)9-10)15-17-13-5-3-4-6-14(13)19-15/h3-9,15,17H,1-2H3/t15-/m1/s1. The molecule has 0 spiro atoms. The third-order valence-electron chi connectivity index (χ3n) is 3.20. The second-order valence-corrected chi connectivity index (χ2v) is 5.15. The first-order chi connectivity index (χ1) is 9.15. The summed E-state index contributed by atoms with van der Waals surface area (Å²) in [6, 6.07) is 13.9. The number of benzene rings is 2. The summed E-state index contributed by atoms with van der Waals surface area (Å²) in [7, 11) is 3.98. The van der Waals surface area contributed by atoms with Gasteiger partial charge in [0.15, 0.2) is 6.23 Å². The topological polar surface area (TPSA) is 24.5 Å². The van der Waals surface area contributed by atoms with Gasteiger partial charge >= 0.3 is 0 Å². The maximum atomic E-state index is 6.35. The second kappa shape index (κ2) is 4.67. The number of anilines is 2. The van der Waals surface area contributed by atoms with E-state index in [1.165, 1.54) is 0 Å². The molecular formula is C15H15ClN2O. The predicted octanol–water partition coefficient (Wildman–Crippen LogP) is 3.91. The molecule has 3 nitrogen and oxygen atoms in total.